The molecule has 1 aliphatic carbocycles. The Morgan fingerprint density at radius 3 is 2.56 bits per heavy atom. The van der Waals surface area contributed by atoms with Crippen LogP contribution in [0.25, 0.3) is 0 Å². The summed E-state index contributed by atoms with van der Waals surface area (Å²) in [6, 6.07) is 16.6. The van der Waals surface area contributed by atoms with Crippen molar-refractivity contribution in [3.8, 4) is 5.75 Å². The average molecular weight is 380 g/mol. The maximum absolute atomic E-state index is 12.2. The van der Waals surface area contributed by atoms with Crippen molar-refractivity contribution in [1.29, 1.82) is 0 Å². The highest BCUT2D eigenvalue weighted by atomic mass is 32.2. The van der Waals surface area contributed by atoms with Gasteiger partial charge in [0, 0.05) is 11.6 Å². The van der Waals surface area contributed by atoms with E-state index in [1.54, 1.807) is 24.3 Å². The topological polar surface area (TPSA) is 80.0 Å². The number of benzene rings is 2. The Bertz CT molecular complexity index is 921. The fraction of sp³-hybridized carbons (Fsp3) is 0.250. The van der Waals surface area contributed by atoms with Gasteiger partial charge in [0.2, 0.25) is 5.91 Å². The molecule has 0 bridgehead atoms. The molecule has 0 atom stereocenters. The molecule has 2 aromatic carbocycles. The number of thioether (sulfide) groups is 1. The number of rotatable bonds is 7. The van der Waals surface area contributed by atoms with Gasteiger partial charge in [0.25, 0.3) is 0 Å². The molecule has 27 heavy (non-hydrogen) atoms. The molecule has 2 N–H and O–H groups in total. The molecule has 1 aliphatic rings. The predicted octanol–water partition coefficient (Wildman–Crippen LogP) is 3.64. The Morgan fingerprint density at radius 1 is 1.11 bits per heavy atom. The number of aromatic nitrogens is 3. The molecule has 1 fully saturated rings. The summed E-state index contributed by atoms with van der Waals surface area (Å²) in [7, 11) is 0. The van der Waals surface area contributed by atoms with Crippen LogP contribution in [0.5, 0.6) is 5.75 Å². The molecule has 0 unspecified atom stereocenters. The number of nitrogens with one attached hydrogen (secondary N) is 1. The smallest absolute Gasteiger partial charge is 0.234 e. The number of phenolic OH excluding ortho intramolecular Hbond substituents is 1. The lowest BCUT2D eigenvalue weighted by Crippen LogP contribution is -2.15. The number of carbonyl (C=O) groups excluding carboxylic acids is 1. The summed E-state index contributed by atoms with van der Waals surface area (Å²) in [6.07, 6.45) is 2.30. The number of carbonyl (C=O) groups is 1. The van der Waals surface area contributed by atoms with E-state index in [9.17, 15) is 9.90 Å². The van der Waals surface area contributed by atoms with Gasteiger partial charge in [0.15, 0.2) is 5.16 Å². The third-order valence-corrected chi connectivity index (χ3v) is 5.32. The van der Waals surface area contributed by atoms with Crippen molar-refractivity contribution in [3.05, 3.63) is 66.0 Å². The van der Waals surface area contributed by atoms with Gasteiger partial charge in [0.05, 0.1) is 12.3 Å². The van der Waals surface area contributed by atoms with Crippen molar-refractivity contribution in [2.24, 2.45) is 0 Å². The monoisotopic (exact) mass is 380 g/mol. The first-order valence-electron chi connectivity index (χ1n) is 8.88. The lowest BCUT2D eigenvalue weighted by molar-refractivity contribution is -0.113. The van der Waals surface area contributed by atoms with Gasteiger partial charge in [-0.15, -0.1) is 10.2 Å². The molecule has 3 aromatic rings. The summed E-state index contributed by atoms with van der Waals surface area (Å²) in [5, 5.41) is 21.6. The van der Waals surface area contributed by atoms with Crippen molar-refractivity contribution < 1.29 is 9.90 Å². The van der Waals surface area contributed by atoms with Crippen LogP contribution in [0.4, 0.5) is 5.69 Å². The molecule has 4 rings (SSSR count). The number of phenols is 1. The summed E-state index contributed by atoms with van der Waals surface area (Å²) >= 11 is 1.39. The Labute approximate surface area is 161 Å². The Kier molecular flexibility index (Phi) is 5.11. The van der Waals surface area contributed by atoms with Crippen LogP contribution in [0.15, 0.2) is 59.8 Å². The second kappa shape index (κ2) is 7.84. The number of hydrogen-bond donors (Lipinski definition) is 2. The van der Waals surface area contributed by atoms with Crippen molar-refractivity contribution in [1.82, 2.24) is 14.8 Å². The Hall–Kier alpha value is -2.80. The van der Waals surface area contributed by atoms with E-state index < -0.39 is 0 Å². The van der Waals surface area contributed by atoms with Crippen LogP contribution in [0.3, 0.4) is 0 Å². The first kappa shape index (κ1) is 17.6. The maximum Gasteiger partial charge on any atom is 0.234 e. The third-order valence-electron chi connectivity index (χ3n) is 4.35. The zero-order valence-corrected chi connectivity index (χ0v) is 15.5. The molecule has 1 heterocycles. The van der Waals surface area contributed by atoms with Crippen LogP contribution < -0.4 is 5.32 Å². The van der Waals surface area contributed by atoms with Crippen LogP contribution >= 0.6 is 11.8 Å². The minimum atomic E-state index is -0.118. The summed E-state index contributed by atoms with van der Waals surface area (Å²) in [4.78, 5) is 12.2. The maximum atomic E-state index is 12.2. The number of anilines is 1. The lowest BCUT2D eigenvalue weighted by atomic mass is 10.2. The van der Waals surface area contributed by atoms with Gasteiger partial charge in [-0.25, -0.2) is 0 Å². The van der Waals surface area contributed by atoms with Gasteiger partial charge in [-0.1, -0.05) is 42.1 Å². The first-order chi connectivity index (χ1) is 13.2. The van der Waals surface area contributed by atoms with Gasteiger partial charge in [-0.05, 0) is 42.7 Å². The first-order valence-corrected chi connectivity index (χ1v) is 9.86. The molecule has 1 aromatic heterocycles. The molecule has 6 nitrogen and oxygen atoms in total. The molecule has 0 radical (unpaired) electrons. The highest BCUT2D eigenvalue weighted by Crippen LogP contribution is 2.40. The van der Waals surface area contributed by atoms with Crippen molar-refractivity contribution in [2.45, 2.75) is 30.5 Å². The molecule has 138 valence electrons. The van der Waals surface area contributed by atoms with Crippen LogP contribution in [-0.4, -0.2) is 31.5 Å². The molecule has 0 spiro atoms. The number of nitrogens with zero attached hydrogens (tertiary/aromatic N) is 3. The largest absolute Gasteiger partial charge is 0.508 e. The summed E-state index contributed by atoms with van der Waals surface area (Å²) in [5.74, 6) is 1.80. The lowest BCUT2D eigenvalue weighted by Gasteiger charge is -2.10. The van der Waals surface area contributed by atoms with Crippen LogP contribution in [-0.2, 0) is 11.3 Å². The van der Waals surface area contributed by atoms with E-state index in [1.807, 2.05) is 18.2 Å². The highest BCUT2D eigenvalue weighted by molar-refractivity contribution is 7.99. The number of hydrogen-bond acceptors (Lipinski definition) is 5. The van der Waals surface area contributed by atoms with Crippen molar-refractivity contribution >= 4 is 23.4 Å². The standard InChI is InChI=1S/C20H20N4O2S/c25-17-10-8-16(9-11-17)21-18(26)13-27-20-23-22-19(15-6-7-15)24(20)12-14-4-2-1-3-5-14/h1-5,8-11,15,25H,6-7,12-13H2,(H,21,26). The zero-order chi connectivity index (χ0) is 18.6. The van der Waals surface area contributed by atoms with Gasteiger partial charge in [-0.2, -0.15) is 0 Å². The SMILES string of the molecule is O=C(CSc1nnc(C2CC2)n1Cc1ccccc1)Nc1ccc(O)cc1. The zero-order valence-electron chi connectivity index (χ0n) is 14.7. The molecule has 1 amide bonds. The van der Waals surface area contributed by atoms with E-state index in [4.69, 9.17) is 0 Å². The van der Waals surface area contributed by atoms with E-state index >= 15 is 0 Å². The van der Waals surface area contributed by atoms with Crippen LogP contribution in [0.1, 0.15) is 30.1 Å². The Balaban J connectivity index is 1.43. The fourth-order valence-corrected chi connectivity index (χ4v) is 3.58. The van der Waals surface area contributed by atoms with Gasteiger partial charge < -0.3 is 15.0 Å². The molecular weight excluding hydrogens is 360 g/mol. The second-order valence-electron chi connectivity index (χ2n) is 6.57. The summed E-state index contributed by atoms with van der Waals surface area (Å²) in [5.41, 5.74) is 1.84. The summed E-state index contributed by atoms with van der Waals surface area (Å²) < 4.78 is 2.13. The van der Waals surface area contributed by atoms with Crippen LogP contribution in [0.2, 0.25) is 0 Å². The van der Waals surface area contributed by atoms with Gasteiger partial charge >= 0.3 is 0 Å². The second-order valence-corrected chi connectivity index (χ2v) is 7.51. The normalized spacial score (nSPS) is 13.5. The third kappa shape index (κ3) is 4.49. The van der Waals surface area contributed by atoms with E-state index in [0.717, 1.165) is 23.8 Å². The van der Waals surface area contributed by atoms with E-state index in [1.165, 1.54) is 17.3 Å². The van der Waals surface area contributed by atoms with Crippen molar-refractivity contribution in [3.63, 3.8) is 0 Å². The number of amides is 1. The molecule has 7 heteroatoms. The Morgan fingerprint density at radius 2 is 1.85 bits per heavy atom. The minimum Gasteiger partial charge on any atom is -0.508 e. The average Bonchev–Trinajstić information content (AvgIpc) is 3.45. The minimum absolute atomic E-state index is 0.118. The fourth-order valence-electron chi connectivity index (χ4n) is 2.84. The molecule has 0 aliphatic heterocycles. The molecule has 0 saturated heterocycles. The number of aromatic hydroxyl groups is 1. The van der Waals surface area contributed by atoms with E-state index in [2.05, 4.69) is 32.2 Å². The van der Waals surface area contributed by atoms with Crippen LogP contribution in [0, 0.1) is 0 Å². The van der Waals surface area contributed by atoms with Gasteiger partial charge in [-0.3, -0.25) is 4.79 Å². The van der Waals surface area contributed by atoms with Crippen molar-refractivity contribution in [2.75, 3.05) is 11.1 Å². The highest BCUT2D eigenvalue weighted by Gasteiger charge is 2.30. The van der Waals surface area contributed by atoms with Gasteiger partial charge in [0.1, 0.15) is 11.6 Å². The quantitative estimate of drug-likeness (QED) is 0.483. The van der Waals surface area contributed by atoms with E-state index in [-0.39, 0.29) is 17.4 Å². The predicted molar refractivity (Wildman–Crippen MR) is 105 cm³/mol. The summed E-state index contributed by atoms with van der Waals surface area (Å²) in [6.45, 7) is 0.710. The molecule has 1 saturated carbocycles. The van der Waals surface area contributed by atoms with E-state index in [0.29, 0.717) is 18.2 Å². The molecular formula is C20H20N4O2S.